The molecule has 4 N–H and O–H groups in total. The number of rotatable bonds is 5. The minimum absolute atomic E-state index is 0.154. The van der Waals surface area contributed by atoms with Gasteiger partial charge in [0.25, 0.3) is 0 Å². The molecule has 0 spiro atoms. The highest BCUT2D eigenvalue weighted by molar-refractivity contribution is 5.94. The van der Waals surface area contributed by atoms with E-state index in [1.807, 2.05) is 12.1 Å². The fourth-order valence-corrected chi connectivity index (χ4v) is 2.37. The fourth-order valence-electron chi connectivity index (χ4n) is 2.37. The van der Waals surface area contributed by atoms with Crippen molar-refractivity contribution < 1.29 is 14.7 Å². The summed E-state index contributed by atoms with van der Waals surface area (Å²) in [5.74, 6) is -1.36. The number of benzene rings is 1. The topological polar surface area (TPSA) is 92.4 Å². The third-order valence-corrected chi connectivity index (χ3v) is 3.87. The molecule has 5 heteroatoms. The quantitative estimate of drug-likeness (QED) is 0.711. The summed E-state index contributed by atoms with van der Waals surface area (Å²) in [5.41, 5.74) is 6.62. The summed E-state index contributed by atoms with van der Waals surface area (Å²) < 4.78 is 0. The number of carbonyl (C=O) groups excluding carboxylic acids is 1. The molecule has 0 bridgehead atoms. The molecule has 0 aliphatic heterocycles. The summed E-state index contributed by atoms with van der Waals surface area (Å²) in [6.07, 6.45) is 1.49. The van der Waals surface area contributed by atoms with E-state index in [1.165, 1.54) is 0 Å². The number of anilines is 1. The van der Waals surface area contributed by atoms with Gasteiger partial charge in [0.2, 0.25) is 5.91 Å². The van der Waals surface area contributed by atoms with Crippen LogP contribution in [0.5, 0.6) is 0 Å². The number of carbonyl (C=O) groups is 2. The van der Waals surface area contributed by atoms with Gasteiger partial charge in [0, 0.05) is 5.69 Å². The first-order valence-electron chi connectivity index (χ1n) is 6.76. The average molecular weight is 276 g/mol. The van der Waals surface area contributed by atoms with Crippen molar-refractivity contribution in [1.29, 1.82) is 0 Å². The molecule has 108 valence electrons. The molecule has 1 amide bonds. The Bertz CT molecular complexity index is 518. The van der Waals surface area contributed by atoms with E-state index >= 15 is 0 Å². The fraction of sp³-hybridized carbons (Fsp3) is 0.467. The van der Waals surface area contributed by atoms with Gasteiger partial charge < -0.3 is 16.2 Å². The van der Waals surface area contributed by atoms with Crippen molar-refractivity contribution >= 4 is 17.6 Å². The molecule has 20 heavy (non-hydrogen) atoms. The average Bonchev–Trinajstić information content (AvgIpc) is 3.17. The van der Waals surface area contributed by atoms with Crippen LogP contribution in [0.3, 0.4) is 0 Å². The van der Waals surface area contributed by atoms with Crippen LogP contribution in [0.1, 0.15) is 32.3 Å². The van der Waals surface area contributed by atoms with Crippen LogP contribution in [0.4, 0.5) is 5.69 Å². The van der Waals surface area contributed by atoms with Crippen molar-refractivity contribution in [3.63, 3.8) is 0 Å². The molecule has 0 radical (unpaired) electrons. The van der Waals surface area contributed by atoms with E-state index in [9.17, 15) is 9.59 Å². The second kappa shape index (κ2) is 5.15. The highest BCUT2D eigenvalue weighted by atomic mass is 16.4. The third kappa shape index (κ3) is 2.61. The Hall–Kier alpha value is -2.04. The van der Waals surface area contributed by atoms with Gasteiger partial charge in [-0.05, 0) is 36.5 Å². The van der Waals surface area contributed by atoms with E-state index in [0.29, 0.717) is 5.69 Å². The van der Waals surface area contributed by atoms with Crippen LogP contribution in [0.15, 0.2) is 24.3 Å². The second-order valence-corrected chi connectivity index (χ2v) is 5.74. The van der Waals surface area contributed by atoms with Gasteiger partial charge >= 0.3 is 5.97 Å². The molecular weight excluding hydrogens is 256 g/mol. The third-order valence-electron chi connectivity index (χ3n) is 3.87. The highest BCUT2D eigenvalue weighted by Crippen LogP contribution is 2.48. The Morgan fingerprint density at radius 2 is 1.80 bits per heavy atom. The maximum Gasteiger partial charge on any atom is 0.326 e. The van der Waals surface area contributed by atoms with Crippen LogP contribution in [0, 0.1) is 5.92 Å². The first kappa shape index (κ1) is 14.4. The number of nitrogen functional groups attached to an aromatic ring is 1. The zero-order valence-electron chi connectivity index (χ0n) is 11.7. The van der Waals surface area contributed by atoms with Gasteiger partial charge in [-0.1, -0.05) is 26.0 Å². The zero-order chi connectivity index (χ0) is 14.9. The van der Waals surface area contributed by atoms with Crippen LogP contribution >= 0.6 is 0 Å². The van der Waals surface area contributed by atoms with E-state index in [-0.39, 0.29) is 11.8 Å². The van der Waals surface area contributed by atoms with E-state index in [0.717, 1.165) is 18.4 Å². The van der Waals surface area contributed by atoms with Crippen LogP contribution in [0.25, 0.3) is 0 Å². The first-order valence-corrected chi connectivity index (χ1v) is 6.76. The minimum Gasteiger partial charge on any atom is -0.480 e. The predicted molar refractivity (Wildman–Crippen MR) is 76.2 cm³/mol. The Morgan fingerprint density at radius 3 is 2.20 bits per heavy atom. The molecule has 1 fully saturated rings. The Kier molecular flexibility index (Phi) is 3.70. The number of carboxylic acids is 1. The molecule has 1 unspecified atom stereocenters. The molecule has 1 aromatic carbocycles. The van der Waals surface area contributed by atoms with Gasteiger partial charge in [-0.25, -0.2) is 4.79 Å². The standard InChI is InChI=1S/C15H20N2O3/c1-9(2)12(13(18)19)17-14(20)15(7-8-15)10-3-5-11(16)6-4-10/h3-6,9,12H,7-8,16H2,1-2H3,(H,17,20)(H,18,19). The molecule has 1 saturated carbocycles. The maximum atomic E-state index is 12.4. The lowest BCUT2D eigenvalue weighted by Gasteiger charge is -2.22. The summed E-state index contributed by atoms with van der Waals surface area (Å²) in [6.45, 7) is 3.56. The number of nitrogens with one attached hydrogen (secondary N) is 1. The Balaban J connectivity index is 2.16. The van der Waals surface area contributed by atoms with Crippen LogP contribution in [-0.4, -0.2) is 23.0 Å². The van der Waals surface area contributed by atoms with Gasteiger partial charge in [0.15, 0.2) is 0 Å². The van der Waals surface area contributed by atoms with Gasteiger partial charge in [-0.15, -0.1) is 0 Å². The molecule has 0 heterocycles. The van der Waals surface area contributed by atoms with Gasteiger partial charge in [-0.3, -0.25) is 4.79 Å². The monoisotopic (exact) mass is 276 g/mol. The second-order valence-electron chi connectivity index (χ2n) is 5.74. The summed E-state index contributed by atoms with van der Waals surface area (Å²) in [4.78, 5) is 23.6. The summed E-state index contributed by atoms with van der Waals surface area (Å²) in [7, 11) is 0. The molecule has 0 saturated heterocycles. The zero-order valence-corrected chi connectivity index (χ0v) is 11.7. The van der Waals surface area contributed by atoms with Crippen LogP contribution < -0.4 is 11.1 Å². The summed E-state index contributed by atoms with van der Waals surface area (Å²) in [5, 5.41) is 11.8. The van der Waals surface area contributed by atoms with Crippen molar-refractivity contribution in [2.45, 2.75) is 38.1 Å². The molecular formula is C15H20N2O3. The largest absolute Gasteiger partial charge is 0.480 e. The number of hydrogen-bond donors (Lipinski definition) is 3. The first-order chi connectivity index (χ1) is 9.36. The summed E-state index contributed by atoms with van der Waals surface area (Å²) in [6, 6.07) is 6.36. The predicted octanol–water partition coefficient (Wildman–Crippen LogP) is 1.53. The molecule has 2 rings (SSSR count). The summed E-state index contributed by atoms with van der Waals surface area (Å²) >= 11 is 0. The number of amides is 1. The number of carboxylic acid groups (broad SMARTS) is 1. The smallest absolute Gasteiger partial charge is 0.326 e. The van der Waals surface area contributed by atoms with Crippen LogP contribution in [0.2, 0.25) is 0 Å². The SMILES string of the molecule is CC(C)C(NC(=O)C1(c2ccc(N)cc2)CC1)C(=O)O. The number of hydrogen-bond acceptors (Lipinski definition) is 3. The van der Waals surface area contributed by atoms with Crippen molar-refractivity contribution in [1.82, 2.24) is 5.32 Å². The van der Waals surface area contributed by atoms with E-state index < -0.39 is 17.4 Å². The number of nitrogens with two attached hydrogens (primary N) is 1. The highest BCUT2D eigenvalue weighted by Gasteiger charge is 2.52. The van der Waals surface area contributed by atoms with Gasteiger partial charge in [-0.2, -0.15) is 0 Å². The molecule has 1 atom stereocenters. The molecule has 0 aromatic heterocycles. The van der Waals surface area contributed by atoms with Gasteiger partial charge in [0.05, 0.1) is 5.41 Å². The lowest BCUT2D eigenvalue weighted by molar-refractivity contribution is -0.143. The number of aliphatic carboxylic acids is 1. The van der Waals surface area contributed by atoms with E-state index in [2.05, 4.69) is 5.32 Å². The van der Waals surface area contributed by atoms with E-state index in [1.54, 1.807) is 26.0 Å². The maximum absolute atomic E-state index is 12.4. The molecule has 1 aliphatic rings. The van der Waals surface area contributed by atoms with Crippen molar-refractivity contribution in [3.05, 3.63) is 29.8 Å². The van der Waals surface area contributed by atoms with Crippen LogP contribution in [-0.2, 0) is 15.0 Å². The molecule has 5 nitrogen and oxygen atoms in total. The van der Waals surface area contributed by atoms with Gasteiger partial charge in [0.1, 0.15) is 6.04 Å². The Morgan fingerprint density at radius 1 is 1.25 bits per heavy atom. The van der Waals surface area contributed by atoms with Crippen molar-refractivity contribution in [2.75, 3.05) is 5.73 Å². The van der Waals surface area contributed by atoms with Crippen molar-refractivity contribution in [3.8, 4) is 0 Å². The molecule has 1 aliphatic carbocycles. The Labute approximate surface area is 118 Å². The normalized spacial score (nSPS) is 17.6. The van der Waals surface area contributed by atoms with Crippen molar-refractivity contribution in [2.24, 2.45) is 5.92 Å². The molecule has 1 aromatic rings. The minimum atomic E-state index is -0.999. The lowest BCUT2D eigenvalue weighted by Crippen LogP contribution is -2.48. The lowest BCUT2D eigenvalue weighted by atomic mass is 9.93. The van der Waals surface area contributed by atoms with E-state index in [4.69, 9.17) is 10.8 Å².